The van der Waals surface area contributed by atoms with Crippen molar-refractivity contribution in [2.45, 2.75) is 147 Å². The second-order valence-corrected chi connectivity index (χ2v) is 13.2. The highest BCUT2D eigenvalue weighted by atomic mass is 14.4. The first-order valence-corrected chi connectivity index (χ1v) is 15.2. The molecule has 1 aromatic rings. The van der Waals surface area contributed by atoms with Gasteiger partial charge in [0.15, 0.2) is 0 Å². The van der Waals surface area contributed by atoms with Crippen molar-refractivity contribution in [1.29, 1.82) is 0 Å². The Hall–Kier alpha value is -1.30. The Morgan fingerprint density at radius 3 is 2.03 bits per heavy atom. The van der Waals surface area contributed by atoms with Crippen molar-refractivity contribution in [1.82, 2.24) is 0 Å². The Bertz CT molecular complexity index is 775. The van der Waals surface area contributed by atoms with E-state index in [4.69, 9.17) is 0 Å². The molecule has 0 heteroatoms. The van der Waals surface area contributed by atoms with Gasteiger partial charge in [0.1, 0.15) is 0 Å². The van der Waals surface area contributed by atoms with Gasteiger partial charge < -0.3 is 0 Å². The second kappa shape index (κ2) is 17.3. The number of allylic oxidation sites excluding steroid dienone is 3. The number of rotatable bonds is 9. The zero-order valence-electron chi connectivity index (χ0n) is 26.9. The van der Waals surface area contributed by atoms with E-state index in [1.165, 1.54) is 61.6 Å². The summed E-state index contributed by atoms with van der Waals surface area (Å²) in [5.41, 5.74) is 9.37. The minimum absolute atomic E-state index is 0.328. The lowest BCUT2D eigenvalue weighted by Gasteiger charge is -2.41. The molecular weight excluding hydrogens is 432 g/mol. The monoisotopic (exact) mass is 497 g/mol. The molecule has 208 valence electrons. The maximum absolute atomic E-state index is 4.24. The van der Waals surface area contributed by atoms with Crippen LogP contribution in [-0.4, -0.2) is 0 Å². The maximum atomic E-state index is 4.24. The number of hydrogen-bond acceptors (Lipinski definition) is 0. The molecule has 0 saturated carbocycles. The van der Waals surface area contributed by atoms with Crippen molar-refractivity contribution in [2.24, 2.45) is 23.2 Å². The minimum Gasteiger partial charge on any atom is -0.0998 e. The summed E-state index contributed by atoms with van der Waals surface area (Å²) in [6.45, 7) is 33.7. The smallest absolute Gasteiger partial charge is 0.00695 e. The fraction of sp³-hybridized carbons (Fsp3) is 0.722. The van der Waals surface area contributed by atoms with Crippen LogP contribution >= 0.6 is 0 Å². The fourth-order valence-electron chi connectivity index (χ4n) is 5.95. The van der Waals surface area contributed by atoms with Gasteiger partial charge >= 0.3 is 0 Å². The quantitative estimate of drug-likeness (QED) is 0.235. The van der Waals surface area contributed by atoms with E-state index in [2.05, 4.69) is 101 Å². The van der Waals surface area contributed by atoms with Crippen LogP contribution in [0.5, 0.6) is 0 Å². The third-order valence-electron chi connectivity index (χ3n) is 7.27. The Kier molecular flexibility index (Phi) is 16.6. The van der Waals surface area contributed by atoms with Crippen molar-refractivity contribution in [3.63, 3.8) is 0 Å². The van der Waals surface area contributed by atoms with Gasteiger partial charge in [-0.25, -0.2) is 0 Å². The molecule has 0 nitrogen and oxygen atoms in total. The van der Waals surface area contributed by atoms with E-state index in [9.17, 15) is 0 Å². The number of aryl methyl sites for hydroxylation is 2. The molecule has 2 atom stereocenters. The Morgan fingerprint density at radius 2 is 1.58 bits per heavy atom. The molecule has 0 amide bonds. The molecule has 0 radical (unpaired) electrons. The van der Waals surface area contributed by atoms with Gasteiger partial charge in [0.05, 0.1) is 0 Å². The van der Waals surface area contributed by atoms with E-state index in [1.54, 1.807) is 16.7 Å². The molecule has 0 saturated heterocycles. The van der Waals surface area contributed by atoms with Gasteiger partial charge in [0, 0.05) is 0 Å². The van der Waals surface area contributed by atoms with Gasteiger partial charge in [-0.1, -0.05) is 118 Å². The van der Waals surface area contributed by atoms with E-state index in [1.807, 2.05) is 13.8 Å². The van der Waals surface area contributed by atoms with Gasteiger partial charge in [-0.15, -0.1) is 0 Å². The molecule has 0 aliphatic heterocycles. The molecule has 0 bridgehead atoms. The van der Waals surface area contributed by atoms with Crippen LogP contribution in [0.25, 0.3) is 0 Å². The van der Waals surface area contributed by atoms with Crippen molar-refractivity contribution >= 4 is 0 Å². The maximum Gasteiger partial charge on any atom is -0.00695 e. The van der Waals surface area contributed by atoms with Crippen molar-refractivity contribution in [3.8, 4) is 0 Å². The van der Waals surface area contributed by atoms with Crippen LogP contribution < -0.4 is 0 Å². The van der Waals surface area contributed by atoms with Gasteiger partial charge in [-0.05, 0) is 111 Å². The van der Waals surface area contributed by atoms with E-state index < -0.39 is 0 Å². The van der Waals surface area contributed by atoms with E-state index in [-0.39, 0.29) is 0 Å². The van der Waals surface area contributed by atoms with Gasteiger partial charge in [0.25, 0.3) is 0 Å². The van der Waals surface area contributed by atoms with Crippen molar-refractivity contribution < 1.29 is 0 Å². The summed E-state index contributed by atoms with van der Waals surface area (Å²) in [6.07, 6.45) is 12.4. The molecule has 0 fully saturated rings. The summed E-state index contributed by atoms with van der Waals surface area (Å²) in [5, 5.41) is 0. The van der Waals surface area contributed by atoms with E-state index in [0.29, 0.717) is 17.3 Å². The van der Waals surface area contributed by atoms with Gasteiger partial charge in [0.2, 0.25) is 0 Å². The summed E-state index contributed by atoms with van der Waals surface area (Å²) in [7, 11) is 0. The molecule has 0 N–H and O–H groups in total. The van der Waals surface area contributed by atoms with E-state index >= 15 is 0 Å². The first-order chi connectivity index (χ1) is 16.8. The van der Waals surface area contributed by atoms with Crippen LogP contribution in [0.2, 0.25) is 0 Å². The molecule has 0 spiro atoms. The predicted octanol–water partition coefficient (Wildman–Crippen LogP) is 12.0. The zero-order chi connectivity index (χ0) is 28.1. The summed E-state index contributed by atoms with van der Waals surface area (Å²) < 4.78 is 0. The Balaban J connectivity index is 0.00000117. The third kappa shape index (κ3) is 12.8. The topological polar surface area (TPSA) is 0 Å². The summed E-state index contributed by atoms with van der Waals surface area (Å²) in [4.78, 5) is 0. The summed E-state index contributed by atoms with van der Waals surface area (Å²) >= 11 is 0. The zero-order valence-corrected chi connectivity index (χ0v) is 26.9. The average molecular weight is 497 g/mol. The lowest BCUT2D eigenvalue weighted by molar-refractivity contribution is 0.192. The number of unbranched alkanes of at least 4 members (excludes halogenated alkanes) is 2. The van der Waals surface area contributed by atoms with Crippen LogP contribution in [0.3, 0.4) is 0 Å². The molecule has 0 heterocycles. The number of hydrogen-bond donors (Lipinski definition) is 0. The largest absolute Gasteiger partial charge is 0.0998 e. The average Bonchev–Trinajstić information content (AvgIpc) is 2.73. The fourth-order valence-corrected chi connectivity index (χ4v) is 5.95. The standard InChI is InChI=1S/C27H42.C7H16.C2H6/c1-9-10-11-12-22-17-21(5)26(23(18-22)15-19(2)3)24-16-20(4)13-14-25(24)27(6,7)8;1-6(2)5-7(3)4;1-2/h13,17-18,24-25H,2,9-12,14-16H2,1,3-8H3;6-7H,5H2,1-4H3;1-2H3. The van der Waals surface area contributed by atoms with Crippen molar-refractivity contribution in [2.75, 3.05) is 0 Å². The Morgan fingerprint density at radius 1 is 1.00 bits per heavy atom. The first-order valence-electron chi connectivity index (χ1n) is 15.2. The highest BCUT2D eigenvalue weighted by Gasteiger charge is 2.36. The molecule has 1 aromatic carbocycles. The summed E-state index contributed by atoms with van der Waals surface area (Å²) in [5.74, 6) is 3.09. The predicted molar refractivity (Wildman–Crippen MR) is 167 cm³/mol. The van der Waals surface area contributed by atoms with E-state index in [0.717, 1.165) is 18.3 Å². The normalized spacial score (nSPS) is 17.7. The molecule has 0 aromatic heterocycles. The lowest BCUT2D eigenvalue weighted by atomic mass is 9.63. The molecule has 2 rings (SSSR count). The molecular formula is C36H64. The van der Waals surface area contributed by atoms with Crippen LogP contribution in [0.1, 0.15) is 150 Å². The van der Waals surface area contributed by atoms with Crippen LogP contribution in [0, 0.1) is 30.1 Å². The lowest BCUT2D eigenvalue weighted by Crippen LogP contribution is -2.30. The van der Waals surface area contributed by atoms with Crippen LogP contribution in [0.15, 0.2) is 35.9 Å². The third-order valence-corrected chi connectivity index (χ3v) is 7.27. The van der Waals surface area contributed by atoms with Crippen LogP contribution in [-0.2, 0) is 12.8 Å². The molecule has 1 aliphatic rings. The highest BCUT2D eigenvalue weighted by molar-refractivity contribution is 5.44. The molecule has 2 unspecified atom stereocenters. The summed E-state index contributed by atoms with van der Waals surface area (Å²) in [6, 6.07) is 5.00. The SMILES string of the molecule is C=C(C)Cc1cc(CCCCC)cc(C)c1C1CC(C)=CCC1C(C)(C)C.CC.CC(C)CC(C)C. The van der Waals surface area contributed by atoms with Crippen molar-refractivity contribution in [3.05, 3.63) is 58.2 Å². The Labute approximate surface area is 228 Å². The highest BCUT2D eigenvalue weighted by Crippen LogP contribution is 2.48. The molecule has 1 aliphatic carbocycles. The number of benzene rings is 1. The first kappa shape index (κ1) is 34.7. The van der Waals surface area contributed by atoms with Crippen LogP contribution in [0.4, 0.5) is 0 Å². The second-order valence-electron chi connectivity index (χ2n) is 13.2. The molecule has 36 heavy (non-hydrogen) atoms. The van der Waals surface area contributed by atoms with Gasteiger partial charge in [-0.3, -0.25) is 0 Å². The van der Waals surface area contributed by atoms with Gasteiger partial charge in [-0.2, -0.15) is 0 Å². The minimum atomic E-state index is 0.328.